The predicted molar refractivity (Wildman–Crippen MR) is 118 cm³/mol. The molecule has 3 heterocycles. The summed E-state index contributed by atoms with van der Waals surface area (Å²) in [5.41, 5.74) is 3.39. The molecule has 2 aromatic heterocycles. The van der Waals surface area contributed by atoms with Gasteiger partial charge in [0.1, 0.15) is 10.8 Å². The van der Waals surface area contributed by atoms with Crippen molar-refractivity contribution in [3.05, 3.63) is 71.0 Å². The zero-order valence-electron chi connectivity index (χ0n) is 16.4. The monoisotopic (exact) mass is 436 g/mol. The lowest BCUT2D eigenvalue weighted by Gasteiger charge is -2.03. The molecular formula is C22H20N4O2S2. The van der Waals surface area contributed by atoms with E-state index in [-0.39, 0.29) is 6.79 Å². The first-order chi connectivity index (χ1) is 14.8. The minimum absolute atomic E-state index is 0.281. The molecule has 1 aliphatic heterocycles. The molecule has 8 heteroatoms. The topological polar surface area (TPSA) is 62.1 Å². The van der Waals surface area contributed by atoms with E-state index < -0.39 is 0 Å². The second-order valence-electron chi connectivity index (χ2n) is 6.94. The Morgan fingerprint density at radius 3 is 2.80 bits per heavy atom. The molecule has 0 aliphatic carbocycles. The van der Waals surface area contributed by atoms with Gasteiger partial charge in [0.25, 0.3) is 0 Å². The van der Waals surface area contributed by atoms with Crippen LogP contribution < -0.4 is 9.47 Å². The van der Waals surface area contributed by atoms with Crippen molar-refractivity contribution < 1.29 is 9.47 Å². The van der Waals surface area contributed by atoms with E-state index in [0.29, 0.717) is 0 Å². The smallest absolute Gasteiger partial charge is 0.231 e. The molecule has 0 amide bonds. The molecule has 0 bridgehead atoms. The van der Waals surface area contributed by atoms with Gasteiger partial charge < -0.3 is 14.0 Å². The van der Waals surface area contributed by atoms with Gasteiger partial charge in [-0.1, -0.05) is 42.1 Å². The fourth-order valence-corrected chi connectivity index (χ4v) is 5.01. The highest BCUT2D eigenvalue weighted by atomic mass is 32.2. The van der Waals surface area contributed by atoms with Crippen molar-refractivity contribution >= 4 is 23.1 Å². The SMILES string of the molecule is Cn1c(CCc2ccccc2)nnc1SCc1csc(-c2ccc3c(c2)OCO3)n1. The number of nitrogens with zero attached hydrogens (tertiary/aromatic N) is 4. The predicted octanol–water partition coefficient (Wildman–Crippen LogP) is 4.74. The van der Waals surface area contributed by atoms with Crippen LogP contribution in [-0.2, 0) is 25.6 Å². The molecule has 0 spiro atoms. The number of hydrogen-bond donors (Lipinski definition) is 0. The van der Waals surface area contributed by atoms with Gasteiger partial charge >= 0.3 is 0 Å². The molecule has 4 aromatic rings. The van der Waals surface area contributed by atoms with Gasteiger partial charge in [-0.25, -0.2) is 4.98 Å². The summed E-state index contributed by atoms with van der Waals surface area (Å²) in [6.07, 6.45) is 1.83. The summed E-state index contributed by atoms with van der Waals surface area (Å²) in [5.74, 6) is 3.32. The molecule has 30 heavy (non-hydrogen) atoms. The third-order valence-electron chi connectivity index (χ3n) is 4.93. The van der Waals surface area contributed by atoms with E-state index in [4.69, 9.17) is 14.5 Å². The van der Waals surface area contributed by atoms with Gasteiger partial charge in [-0.05, 0) is 30.2 Å². The van der Waals surface area contributed by atoms with Gasteiger partial charge in [0, 0.05) is 30.2 Å². The van der Waals surface area contributed by atoms with Crippen LogP contribution in [0.1, 0.15) is 17.1 Å². The number of hydrogen-bond acceptors (Lipinski definition) is 7. The molecule has 0 N–H and O–H groups in total. The number of fused-ring (bicyclic) bond motifs is 1. The van der Waals surface area contributed by atoms with Gasteiger partial charge in [-0.2, -0.15) is 0 Å². The summed E-state index contributed by atoms with van der Waals surface area (Å²) in [7, 11) is 2.03. The number of thiazole rings is 1. The Hall–Kier alpha value is -2.84. The van der Waals surface area contributed by atoms with Gasteiger partial charge in [-0.15, -0.1) is 21.5 Å². The van der Waals surface area contributed by atoms with Crippen molar-refractivity contribution in [1.82, 2.24) is 19.7 Å². The van der Waals surface area contributed by atoms with Gasteiger partial charge in [0.15, 0.2) is 16.7 Å². The molecule has 2 aromatic carbocycles. The maximum absolute atomic E-state index is 5.47. The lowest BCUT2D eigenvalue weighted by molar-refractivity contribution is 0.174. The first kappa shape index (κ1) is 19.1. The summed E-state index contributed by atoms with van der Waals surface area (Å²) >= 11 is 3.29. The van der Waals surface area contributed by atoms with Gasteiger partial charge in [0.05, 0.1) is 5.69 Å². The van der Waals surface area contributed by atoms with E-state index in [1.165, 1.54) is 5.56 Å². The Kier molecular flexibility index (Phi) is 5.42. The lowest BCUT2D eigenvalue weighted by atomic mass is 10.1. The van der Waals surface area contributed by atoms with Crippen molar-refractivity contribution in [2.45, 2.75) is 23.8 Å². The van der Waals surface area contributed by atoms with E-state index in [0.717, 1.165) is 57.3 Å². The second kappa shape index (κ2) is 8.49. The van der Waals surface area contributed by atoms with Crippen LogP contribution in [0.15, 0.2) is 59.1 Å². The van der Waals surface area contributed by atoms with Crippen molar-refractivity contribution in [3.8, 4) is 22.1 Å². The van der Waals surface area contributed by atoms with Crippen molar-refractivity contribution in [3.63, 3.8) is 0 Å². The highest BCUT2D eigenvalue weighted by Crippen LogP contribution is 2.37. The highest BCUT2D eigenvalue weighted by Gasteiger charge is 2.16. The Balaban J connectivity index is 1.21. The molecule has 1 aliphatic rings. The lowest BCUT2D eigenvalue weighted by Crippen LogP contribution is -2.01. The minimum atomic E-state index is 0.281. The molecule has 0 atom stereocenters. The number of aryl methyl sites for hydroxylation is 2. The summed E-state index contributed by atoms with van der Waals surface area (Å²) in [4.78, 5) is 4.78. The molecule has 6 nitrogen and oxygen atoms in total. The van der Waals surface area contributed by atoms with Crippen LogP contribution in [0.2, 0.25) is 0 Å². The average molecular weight is 437 g/mol. The van der Waals surface area contributed by atoms with Gasteiger partial charge in [-0.3, -0.25) is 0 Å². The van der Waals surface area contributed by atoms with Crippen LogP contribution in [0.3, 0.4) is 0 Å². The maximum atomic E-state index is 5.47. The molecule has 0 unspecified atom stereocenters. The largest absolute Gasteiger partial charge is 0.454 e. The zero-order valence-corrected chi connectivity index (χ0v) is 18.1. The van der Waals surface area contributed by atoms with Crippen molar-refractivity contribution in [1.29, 1.82) is 0 Å². The normalized spacial score (nSPS) is 12.4. The first-order valence-corrected chi connectivity index (χ1v) is 11.5. The van der Waals surface area contributed by atoms with E-state index in [1.54, 1.807) is 23.1 Å². The fraction of sp³-hybridized carbons (Fsp3) is 0.227. The average Bonchev–Trinajstić information content (AvgIpc) is 3.51. The summed E-state index contributed by atoms with van der Waals surface area (Å²) in [6.45, 7) is 0.281. The number of ether oxygens (including phenoxy) is 2. The first-order valence-electron chi connectivity index (χ1n) is 9.66. The standard InChI is InChI=1S/C22H20N4O2S2/c1-26-20(10-7-15-5-3-2-4-6-15)24-25-22(26)30-13-17-12-29-21(23-17)16-8-9-18-19(11-16)28-14-27-18/h2-6,8-9,11-12H,7,10,13-14H2,1H3. The van der Waals surface area contributed by atoms with Crippen molar-refractivity contribution in [2.24, 2.45) is 7.05 Å². The highest BCUT2D eigenvalue weighted by molar-refractivity contribution is 7.98. The molecule has 0 fully saturated rings. The van der Waals surface area contributed by atoms with E-state index in [2.05, 4.69) is 44.4 Å². The molecule has 0 saturated heterocycles. The van der Waals surface area contributed by atoms with Crippen LogP contribution in [-0.4, -0.2) is 26.5 Å². The molecular weight excluding hydrogens is 416 g/mol. The second-order valence-corrected chi connectivity index (χ2v) is 8.74. The van der Waals surface area contributed by atoms with Crippen LogP contribution in [0.4, 0.5) is 0 Å². The molecule has 0 radical (unpaired) electrons. The third kappa shape index (κ3) is 4.06. The Labute approximate surface area is 182 Å². The fourth-order valence-electron chi connectivity index (χ4n) is 3.26. The minimum Gasteiger partial charge on any atom is -0.454 e. The Bertz CT molecular complexity index is 1160. The van der Waals surface area contributed by atoms with E-state index >= 15 is 0 Å². The number of aromatic nitrogens is 4. The molecule has 5 rings (SSSR count). The number of thioether (sulfide) groups is 1. The number of benzene rings is 2. The maximum Gasteiger partial charge on any atom is 0.231 e. The molecule has 152 valence electrons. The quantitative estimate of drug-likeness (QED) is 0.390. The van der Waals surface area contributed by atoms with Crippen molar-refractivity contribution in [2.75, 3.05) is 6.79 Å². The number of rotatable bonds is 7. The van der Waals surface area contributed by atoms with Crippen LogP contribution in [0, 0.1) is 0 Å². The van der Waals surface area contributed by atoms with E-state index in [1.807, 2.05) is 31.3 Å². The summed E-state index contributed by atoms with van der Waals surface area (Å²) in [5, 5.41) is 12.7. The Morgan fingerprint density at radius 1 is 1.03 bits per heavy atom. The molecule has 0 saturated carbocycles. The van der Waals surface area contributed by atoms with E-state index in [9.17, 15) is 0 Å². The van der Waals surface area contributed by atoms with Crippen LogP contribution in [0.5, 0.6) is 11.5 Å². The summed E-state index contributed by atoms with van der Waals surface area (Å²) < 4.78 is 12.9. The third-order valence-corrected chi connectivity index (χ3v) is 6.92. The van der Waals surface area contributed by atoms with Crippen LogP contribution >= 0.6 is 23.1 Å². The van der Waals surface area contributed by atoms with Gasteiger partial charge in [0.2, 0.25) is 6.79 Å². The summed E-state index contributed by atoms with van der Waals surface area (Å²) in [6, 6.07) is 16.4. The zero-order chi connectivity index (χ0) is 20.3. The Morgan fingerprint density at radius 2 is 1.90 bits per heavy atom. The van der Waals surface area contributed by atoms with Crippen LogP contribution in [0.25, 0.3) is 10.6 Å².